The monoisotopic (exact) mass is 281 g/mol. The van der Waals surface area contributed by atoms with Gasteiger partial charge >= 0.3 is 5.97 Å². The highest BCUT2D eigenvalue weighted by molar-refractivity contribution is 6.30. The van der Waals surface area contributed by atoms with E-state index in [0.29, 0.717) is 5.69 Å². The van der Waals surface area contributed by atoms with Crippen LogP contribution in [0.25, 0.3) is 5.69 Å². The van der Waals surface area contributed by atoms with Gasteiger partial charge in [0.25, 0.3) is 0 Å². The molecule has 19 heavy (non-hydrogen) atoms. The molecule has 2 aromatic rings. The van der Waals surface area contributed by atoms with E-state index in [0.717, 1.165) is 6.07 Å². The molecule has 6 heteroatoms. The summed E-state index contributed by atoms with van der Waals surface area (Å²) in [5.41, 5.74) is 0.544. The number of carbonyl (C=O) groups excluding carboxylic acids is 1. The van der Waals surface area contributed by atoms with E-state index in [2.05, 4.69) is 0 Å². The average Bonchev–Trinajstić information content (AvgIpc) is 2.78. The number of rotatable bonds is 3. The molecule has 0 aliphatic rings. The molecule has 0 atom stereocenters. The number of Topliss-reactive ketones (excluding diaryl/α,β-unsaturated/α-hetero) is 1. The molecule has 0 aliphatic heterocycles. The second kappa shape index (κ2) is 4.85. The highest BCUT2D eigenvalue weighted by Gasteiger charge is 2.16. The quantitative estimate of drug-likeness (QED) is 0.879. The van der Waals surface area contributed by atoms with Crippen molar-refractivity contribution in [2.75, 3.05) is 0 Å². The van der Waals surface area contributed by atoms with Crippen molar-refractivity contribution < 1.29 is 19.1 Å². The van der Waals surface area contributed by atoms with Gasteiger partial charge in [0.1, 0.15) is 11.5 Å². The molecule has 0 amide bonds. The van der Waals surface area contributed by atoms with Gasteiger partial charge < -0.3 is 9.67 Å². The topological polar surface area (TPSA) is 59.3 Å². The zero-order valence-electron chi connectivity index (χ0n) is 9.85. The molecule has 1 aromatic carbocycles. The summed E-state index contributed by atoms with van der Waals surface area (Å²) in [6.07, 6.45) is 1.38. The molecule has 0 saturated heterocycles. The number of hydrogen-bond donors (Lipinski definition) is 1. The van der Waals surface area contributed by atoms with Crippen molar-refractivity contribution >= 4 is 23.4 Å². The molecule has 0 radical (unpaired) electrons. The van der Waals surface area contributed by atoms with Crippen molar-refractivity contribution in [3.8, 4) is 5.69 Å². The number of carboxylic acid groups (broad SMARTS) is 1. The number of aromatic carboxylic acids is 1. The van der Waals surface area contributed by atoms with E-state index in [9.17, 15) is 14.0 Å². The summed E-state index contributed by atoms with van der Waals surface area (Å²) < 4.78 is 14.4. The van der Waals surface area contributed by atoms with Crippen LogP contribution in [0.3, 0.4) is 0 Å². The highest BCUT2D eigenvalue weighted by atomic mass is 35.5. The smallest absolute Gasteiger partial charge is 0.352 e. The fraction of sp³-hybridized carbons (Fsp3) is 0.0769. The van der Waals surface area contributed by atoms with Gasteiger partial charge in [0.2, 0.25) is 0 Å². The number of ketones is 1. The van der Waals surface area contributed by atoms with E-state index in [1.807, 2.05) is 0 Å². The standard InChI is InChI=1S/C13H9ClFNO3/c1-7(17)8-4-12(13(18)19)16(6-8)9-2-3-11(15)10(14)5-9/h2-6H,1H3,(H,18,19). The van der Waals surface area contributed by atoms with Crippen LogP contribution in [0.2, 0.25) is 5.02 Å². The van der Waals surface area contributed by atoms with Crippen LogP contribution in [0.4, 0.5) is 4.39 Å². The van der Waals surface area contributed by atoms with Gasteiger partial charge in [-0.1, -0.05) is 11.6 Å². The van der Waals surface area contributed by atoms with Gasteiger partial charge in [-0.25, -0.2) is 9.18 Å². The molecule has 0 aliphatic carbocycles. The fourth-order valence-electron chi connectivity index (χ4n) is 1.67. The fourth-order valence-corrected chi connectivity index (χ4v) is 1.84. The molecule has 0 spiro atoms. The third-order valence-electron chi connectivity index (χ3n) is 2.63. The lowest BCUT2D eigenvalue weighted by Gasteiger charge is -2.06. The maximum Gasteiger partial charge on any atom is 0.352 e. The summed E-state index contributed by atoms with van der Waals surface area (Å²) in [6, 6.07) is 5.09. The molecular weight excluding hydrogens is 273 g/mol. The molecular formula is C13H9ClFNO3. The van der Waals surface area contributed by atoms with Gasteiger partial charge in [-0.15, -0.1) is 0 Å². The predicted octanol–water partition coefficient (Wildman–Crippen LogP) is 3.17. The van der Waals surface area contributed by atoms with E-state index in [-0.39, 0.29) is 22.1 Å². The Hall–Kier alpha value is -2.14. The minimum Gasteiger partial charge on any atom is -0.477 e. The van der Waals surface area contributed by atoms with Gasteiger partial charge in [0.15, 0.2) is 5.78 Å². The summed E-state index contributed by atoms with van der Waals surface area (Å²) in [4.78, 5) is 22.4. The van der Waals surface area contributed by atoms with Crippen molar-refractivity contribution in [3.05, 3.63) is 52.6 Å². The number of halogens is 2. The van der Waals surface area contributed by atoms with Crippen molar-refractivity contribution in [3.63, 3.8) is 0 Å². The Morgan fingerprint density at radius 1 is 1.32 bits per heavy atom. The first-order valence-electron chi connectivity index (χ1n) is 5.32. The van der Waals surface area contributed by atoms with Crippen LogP contribution >= 0.6 is 11.6 Å². The highest BCUT2D eigenvalue weighted by Crippen LogP contribution is 2.22. The lowest BCUT2D eigenvalue weighted by molar-refractivity contribution is 0.0688. The maximum absolute atomic E-state index is 13.1. The molecule has 0 unspecified atom stereocenters. The van der Waals surface area contributed by atoms with E-state index in [1.54, 1.807) is 0 Å². The zero-order valence-corrected chi connectivity index (χ0v) is 10.6. The van der Waals surface area contributed by atoms with Crippen LogP contribution in [-0.2, 0) is 0 Å². The molecule has 98 valence electrons. The molecule has 0 fully saturated rings. The van der Waals surface area contributed by atoms with E-state index < -0.39 is 11.8 Å². The number of nitrogens with zero attached hydrogens (tertiary/aromatic N) is 1. The number of benzene rings is 1. The lowest BCUT2D eigenvalue weighted by atomic mass is 10.2. The largest absolute Gasteiger partial charge is 0.477 e. The van der Waals surface area contributed by atoms with E-state index in [1.165, 1.54) is 35.9 Å². The summed E-state index contributed by atoms with van der Waals surface area (Å²) in [5.74, 6) is -2.04. The van der Waals surface area contributed by atoms with Crippen molar-refractivity contribution in [2.24, 2.45) is 0 Å². The third-order valence-corrected chi connectivity index (χ3v) is 2.92. The SMILES string of the molecule is CC(=O)c1cc(C(=O)O)n(-c2ccc(F)c(Cl)c2)c1. The second-order valence-electron chi connectivity index (χ2n) is 3.94. The maximum atomic E-state index is 13.1. The molecule has 0 saturated carbocycles. The first-order valence-corrected chi connectivity index (χ1v) is 5.70. The third kappa shape index (κ3) is 2.51. The Balaban J connectivity index is 2.62. The summed E-state index contributed by atoms with van der Waals surface area (Å²) in [6.45, 7) is 1.34. The van der Waals surface area contributed by atoms with Gasteiger partial charge in [-0.2, -0.15) is 0 Å². The zero-order chi connectivity index (χ0) is 14.2. The Bertz CT molecular complexity index is 679. The van der Waals surface area contributed by atoms with Crippen molar-refractivity contribution in [2.45, 2.75) is 6.92 Å². The Kier molecular flexibility index (Phi) is 3.40. The minimum atomic E-state index is -1.19. The summed E-state index contributed by atoms with van der Waals surface area (Å²) >= 11 is 5.66. The summed E-state index contributed by atoms with van der Waals surface area (Å²) in [5, 5.41) is 8.99. The van der Waals surface area contributed by atoms with Crippen molar-refractivity contribution in [1.82, 2.24) is 4.57 Å². The van der Waals surface area contributed by atoms with Crippen LogP contribution in [0, 0.1) is 5.82 Å². The number of carboxylic acids is 1. The Morgan fingerprint density at radius 3 is 2.53 bits per heavy atom. The predicted molar refractivity (Wildman–Crippen MR) is 67.7 cm³/mol. The molecule has 2 rings (SSSR count). The molecule has 1 heterocycles. The second-order valence-corrected chi connectivity index (χ2v) is 4.35. The lowest BCUT2D eigenvalue weighted by Crippen LogP contribution is -2.05. The van der Waals surface area contributed by atoms with Crippen LogP contribution in [0.15, 0.2) is 30.5 Å². The summed E-state index contributed by atoms with van der Waals surface area (Å²) in [7, 11) is 0. The molecule has 1 aromatic heterocycles. The van der Waals surface area contributed by atoms with Gasteiger partial charge in [0.05, 0.1) is 5.02 Å². The average molecular weight is 282 g/mol. The van der Waals surface area contributed by atoms with Gasteiger partial charge in [-0.3, -0.25) is 4.79 Å². The van der Waals surface area contributed by atoms with Crippen molar-refractivity contribution in [1.29, 1.82) is 0 Å². The van der Waals surface area contributed by atoms with Crippen LogP contribution in [0.1, 0.15) is 27.8 Å². The normalized spacial score (nSPS) is 10.5. The molecule has 1 N–H and O–H groups in total. The van der Waals surface area contributed by atoms with Crippen LogP contribution < -0.4 is 0 Å². The van der Waals surface area contributed by atoms with Crippen LogP contribution in [-0.4, -0.2) is 21.4 Å². The van der Waals surface area contributed by atoms with Gasteiger partial charge in [-0.05, 0) is 31.2 Å². The van der Waals surface area contributed by atoms with E-state index in [4.69, 9.17) is 16.7 Å². The van der Waals surface area contributed by atoms with Gasteiger partial charge in [0, 0.05) is 17.4 Å². The molecule has 4 nitrogen and oxygen atoms in total. The first kappa shape index (κ1) is 13.3. The van der Waals surface area contributed by atoms with E-state index >= 15 is 0 Å². The number of carbonyl (C=O) groups is 2. The minimum absolute atomic E-state index is 0.0899. The Labute approximate surface area is 113 Å². The number of hydrogen-bond acceptors (Lipinski definition) is 2. The van der Waals surface area contributed by atoms with Crippen LogP contribution in [0.5, 0.6) is 0 Å². The Morgan fingerprint density at radius 2 is 2.00 bits per heavy atom. The molecule has 0 bridgehead atoms. The number of aromatic nitrogens is 1. The first-order chi connectivity index (χ1) is 8.90.